The van der Waals surface area contributed by atoms with Crippen molar-refractivity contribution in [3.05, 3.63) is 78.7 Å². The molecule has 0 unspecified atom stereocenters. The Morgan fingerprint density at radius 3 is 2.79 bits per heavy atom. The van der Waals surface area contributed by atoms with E-state index in [9.17, 15) is 24.5 Å². The number of aryl methyl sites for hydroxylation is 1. The minimum atomic E-state index is -0.645. The van der Waals surface area contributed by atoms with Gasteiger partial charge in [0, 0.05) is 50.2 Å². The Morgan fingerprint density at radius 2 is 1.97 bits per heavy atom. The number of hydrogen-bond acceptors (Lipinski definition) is 6. The summed E-state index contributed by atoms with van der Waals surface area (Å²) >= 11 is 0. The molecule has 0 saturated carbocycles. The molecule has 2 atom stereocenters. The Labute approximate surface area is 188 Å². The molecule has 0 radical (unpaired) electrons. The molecule has 2 aliphatic heterocycles. The molecule has 2 aliphatic rings. The molecule has 5 rings (SSSR count). The molecule has 4 heterocycles. The first-order valence-electron chi connectivity index (χ1n) is 11.0. The third kappa shape index (κ3) is 3.92. The van der Waals surface area contributed by atoms with Crippen molar-refractivity contribution in [1.82, 2.24) is 19.4 Å². The summed E-state index contributed by atoms with van der Waals surface area (Å²) in [5.74, 6) is 0.689. The van der Waals surface area contributed by atoms with E-state index in [1.165, 1.54) is 10.6 Å². The molecule has 10 nitrogen and oxygen atoms in total. The number of H-pyrrole nitrogens is 1. The van der Waals surface area contributed by atoms with Gasteiger partial charge in [-0.1, -0.05) is 12.1 Å². The van der Waals surface area contributed by atoms with E-state index in [4.69, 9.17) is 0 Å². The van der Waals surface area contributed by atoms with Crippen LogP contribution in [-0.2, 0) is 17.8 Å². The van der Waals surface area contributed by atoms with Crippen LogP contribution >= 0.6 is 0 Å². The molecule has 3 aromatic rings. The maximum absolute atomic E-state index is 12.9. The van der Waals surface area contributed by atoms with Crippen LogP contribution < -0.4 is 11.1 Å². The van der Waals surface area contributed by atoms with E-state index in [-0.39, 0.29) is 23.3 Å². The molecule has 2 aromatic heterocycles. The predicted octanol–water partition coefficient (Wildman–Crippen LogP) is 1.96. The molecule has 1 fully saturated rings. The van der Waals surface area contributed by atoms with Gasteiger partial charge in [0.05, 0.1) is 15.8 Å². The van der Waals surface area contributed by atoms with Crippen molar-refractivity contribution < 1.29 is 9.72 Å². The first kappa shape index (κ1) is 21.0. The molecule has 33 heavy (non-hydrogen) atoms. The van der Waals surface area contributed by atoms with Crippen molar-refractivity contribution in [2.75, 3.05) is 13.1 Å². The van der Waals surface area contributed by atoms with Gasteiger partial charge >= 0.3 is 11.2 Å². The number of aromatic amines is 1. The fourth-order valence-electron chi connectivity index (χ4n) is 5.10. The van der Waals surface area contributed by atoms with Crippen LogP contribution in [0.4, 0.5) is 5.69 Å². The van der Waals surface area contributed by atoms with E-state index in [1.807, 2.05) is 11.0 Å². The lowest BCUT2D eigenvalue weighted by atomic mass is 9.83. The van der Waals surface area contributed by atoms with Crippen LogP contribution in [-0.4, -0.2) is 43.4 Å². The maximum atomic E-state index is 12.9. The van der Waals surface area contributed by atoms with Gasteiger partial charge in [0.2, 0.25) is 5.91 Å². The van der Waals surface area contributed by atoms with Crippen LogP contribution in [0, 0.1) is 16.0 Å². The largest absolute Gasteiger partial charge is 0.342 e. The number of piperidine rings is 1. The van der Waals surface area contributed by atoms with Gasteiger partial charge in [-0.2, -0.15) is 0 Å². The Morgan fingerprint density at radius 1 is 1.15 bits per heavy atom. The zero-order chi connectivity index (χ0) is 23.1. The van der Waals surface area contributed by atoms with Crippen molar-refractivity contribution >= 4 is 22.5 Å². The number of rotatable bonds is 5. The van der Waals surface area contributed by atoms with E-state index >= 15 is 0 Å². The predicted molar refractivity (Wildman–Crippen MR) is 120 cm³/mol. The number of likely N-dealkylation sites (tertiary alicyclic amines) is 1. The summed E-state index contributed by atoms with van der Waals surface area (Å²) in [5.41, 5.74) is 0.244. The molecule has 10 heteroatoms. The highest BCUT2D eigenvalue weighted by molar-refractivity contribution is 5.77. The number of pyridine rings is 1. The van der Waals surface area contributed by atoms with Gasteiger partial charge in [-0.05, 0) is 37.0 Å². The first-order valence-corrected chi connectivity index (χ1v) is 11.0. The summed E-state index contributed by atoms with van der Waals surface area (Å²) in [6.45, 7) is 1.42. The molecule has 1 N–H and O–H groups in total. The Hall–Kier alpha value is -3.82. The third-order valence-electron chi connectivity index (χ3n) is 6.60. The number of aromatic nitrogens is 3. The lowest BCUT2D eigenvalue weighted by Crippen LogP contribution is -2.49. The lowest BCUT2D eigenvalue weighted by molar-refractivity contribution is -0.386. The highest BCUT2D eigenvalue weighted by Crippen LogP contribution is 2.35. The number of amides is 1. The standard InChI is InChI=1S/C23H23N5O5/c29-21(7-3-6-20-24-17-5-2-1-4-16(17)22(30)25-20)26-11-14-10-15(13-26)18-8-9-19(28(32)33)23(31)27(18)12-14/h1-2,4-5,8-9,14-15H,3,6-7,10-13H2,(H,24,25,30)/t14-,15+/m1/s1. The molecule has 170 valence electrons. The Kier molecular flexibility index (Phi) is 5.27. The van der Waals surface area contributed by atoms with Gasteiger partial charge in [-0.25, -0.2) is 4.98 Å². The van der Waals surface area contributed by atoms with Gasteiger partial charge < -0.3 is 14.5 Å². The molecule has 1 aromatic carbocycles. The molecule has 1 saturated heterocycles. The average molecular weight is 449 g/mol. The topological polar surface area (TPSA) is 131 Å². The summed E-state index contributed by atoms with van der Waals surface area (Å²) in [7, 11) is 0. The van der Waals surface area contributed by atoms with Crippen LogP contribution in [0.3, 0.4) is 0 Å². The summed E-state index contributed by atoms with van der Waals surface area (Å²) < 4.78 is 1.51. The second kappa shape index (κ2) is 8.27. The number of hydrogen-bond donors (Lipinski definition) is 1. The molecule has 0 spiro atoms. The summed E-state index contributed by atoms with van der Waals surface area (Å²) in [6.07, 6.45) is 2.26. The van der Waals surface area contributed by atoms with Crippen LogP contribution in [0.15, 0.2) is 46.0 Å². The van der Waals surface area contributed by atoms with E-state index in [0.29, 0.717) is 55.6 Å². The number of benzene rings is 1. The van der Waals surface area contributed by atoms with Crippen LogP contribution in [0.25, 0.3) is 10.9 Å². The Balaban J connectivity index is 1.24. The van der Waals surface area contributed by atoms with Gasteiger partial charge in [-0.15, -0.1) is 0 Å². The third-order valence-corrected chi connectivity index (χ3v) is 6.60. The van der Waals surface area contributed by atoms with Gasteiger partial charge in [0.1, 0.15) is 5.82 Å². The number of nitrogens with zero attached hydrogens (tertiary/aromatic N) is 4. The fraction of sp³-hybridized carbons (Fsp3) is 0.391. The van der Waals surface area contributed by atoms with Crippen LogP contribution in [0.1, 0.15) is 36.7 Å². The number of nitro groups is 1. The van der Waals surface area contributed by atoms with E-state index in [1.54, 1.807) is 24.3 Å². The zero-order valence-corrected chi connectivity index (χ0v) is 17.9. The van der Waals surface area contributed by atoms with Gasteiger partial charge in [-0.3, -0.25) is 24.5 Å². The summed E-state index contributed by atoms with van der Waals surface area (Å²) in [6, 6.07) is 10.1. The smallest absolute Gasteiger partial charge is 0.334 e. The normalized spacial score (nSPS) is 19.3. The SMILES string of the molecule is O=C(CCCc1nc2ccccc2c(=O)[nH]1)N1C[C@H]2C[C@@H](C1)c1ccc([N+](=O)[O-])c(=O)n1C2. The van der Waals surface area contributed by atoms with E-state index in [2.05, 4.69) is 9.97 Å². The van der Waals surface area contributed by atoms with Crippen molar-refractivity contribution in [2.24, 2.45) is 5.92 Å². The van der Waals surface area contributed by atoms with E-state index < -0.39 is 16.2 Å². The second-order valence-electron chi connectivity index (χ2n) is 8.80. The quantitative estimate of drug-likeness (QED) is 0.468. The van der Waals surface area contributed by atoms with Crippen molar-refractivity contribution in [3.8, 4) is 0 Å². The number of para-hydroxylation sites is 1. The summed E-state index contributed by atoms with van der Waals surface area (Å²) in [4.78, 5) is 57.2. The highest BCUT2D eigenvalue weighted by atomic mass is 16.6. The first-order chi connectivity index (χ1) is 15.9. The number of fused-ring (bicyclic) bond motifs is 5. The number of carbonyl (C=O) groups excluding carboxylic acids is 1. The maximum Gasteiger partial charge on any atom is 0.334 e. The van der Waals surface area contributed by atoms with Gasteiger partial charge in [0.15, 0.2) is 0 Å². The van der Waals surface area contributed by atoms with E-state index in [0.717, 1.165) is 12.1 Å². The highest BCUT2D eigenvalue weighted by Gasteiger charge is 2.37. The second-order valence-corrected chi connectivity index (χ2v) is 8.80. The molecule has 1 amide bonds. The van der Waals surface area contributed by atoms with Crippen LogP contribution in [0.2, 0.25) is 0 Å². The molecular formula is C23H23N5O5. The van der Waals surface area contributed by atoms with Crippen LogP contribution in [0.5, 0.6) is 0 Å². The zero-order valence-electron chi connectivity index (χ0n) is 17.9. The van der Waals surface area contributed by atoms with Crippen molar-refractivity contribution in [1.29, 1.82) is 0 Å². The van der Waals surface area contributed by atoms with Gasteiger partial charge in [0.25, 0.3) is 5.56 Å². The molecule has 2 bridgehead atoms. The monoisotopic (exact) mass is 449 g/mol. The number of nitrogens with one attached hydrogen (secondary N) is 1. The van der Waals surface area contributed by atoms with Crippen molar-refractivity contribution in [2.45, 2.75) is 38.1 Å². The average Bonchev–Trinajstić information content (AvgIpc) is 2.79. The molecule has 0 aliphatic carbocycles. The minimum Gasteiger partial charge on any atom is -0.342 e. The molecular weight excluding hydrogens is 426 g/mol. The Bertz CT molecular complexity index is 1380. The van der Waals surface area contributed by atoms with Crippen molar-refractivity contribution in [3.63, 3.8) is 0 Å². The number of carbonyl (C=O) groups is 1. The minimum absolute atomic E-state index is 0.00605. The summed E-state index contributed by atoms with van der Waals surface area (Å²) in [5, 5.41) is 11.6. The fourth-order valence-corrected chi connectivity index (χ4v) is 5.10. The lowest BCUT2D eigenvalue weighted by Gasteiger charge is -2.42.